The van der Waals surface area contributed by atoms with E-state index in [9.17, 15) is 9.90 Å². The average Bonchev–Trinajstić information content (AvgIpc) is 2.29. The SMILES string of the molecule is CCOC(=O)C(=[N+]=[N-])C1(O)CCC(C(C)(C)C)CC1. The fourth-order valence-corrected chi connectivity index (χ4v) is 2.72. The molecule has 0 heterocycles. The first kappa shape index (κ1) is 15.9. The number of ether oxygens (including phenoxy) is 1. The molecular weight excluding hydrogens is 244 g/mol. The van der Waals surface area contributed by atoms with Crippen LogP contribution in [0, 0.1) is 11.3 Å². The second kappa shape index (κ2) is 5.85. The number of esters is 1. The van der Waals surface area contributed by atoms with Gasteiger partial charge in [0.05, 0.1) is 6.61 Å². The van der Waals surface area contributed by atoms with Crippen molar-refractivity contribution >= 4 is 11.7 Å². The Morgan fingerprint density at radius 2 is 1.95 bits per heavy atom. The summed E-state index contributed by atoms with van der Waals surface area (Å²) >= 11 is 0. The van der Waals surface area contributed by atoms with E-state index in [4.69, 9.17) is 10.3 Å². The number of hydrogen-bond donors (Lipinski definition) is 1. The van der Waals surface area contributed by atoms with Gasteiger partial charge in [-0.1, -0.05) is 20.8 Å². The van der Waals surface area contributed by atoms with E-state index in [-0.39, 0.29) is 17.7 Å². The number of hydrogen-bond acceptors (Lipinski definition) is 3. The molecule has 0 bridgehead atoms. The van der Waals surface area contributed by atoms with Crippen molar-refractivity contribution in [1.29, 1.82) is 0 Å². The molecule has 108 valence electrons. The van der Waals surface area contributed by atoms with Crippen LogP contribution in [0.1, 0.15) is 53.4 Å². The van der Waals surface area contributed by atoms with E-state index in [1.807, 2.05) is 0 Å². The van der Waals surface area contributed by atoms with Crippen molar-refractivity contribution in [2.75, 3.05) is 6.61 Å². The molecule has 0 radical (unpaired) electrons. The molecule has 1 aliphatic rings. The van der Waals surface area contributed by atoms with E-state index < -0.39 is 11.6 Å². The summed E-state index contributed by atoms with van der Waals surface area (Å²) < 4.78 is 4.82. The Labute approximate surface area is 114 Å². The third-order valence-corrected chi connectivity index (χ3v) is 4.05. The van der Waals surface area contributed by atoms with Gasteiger partial charge in [0, 0.05) is 0 Å². The van der Waals surface area contributed by atoms with Gasteiger partial charge in [-0.05, 0) is 43.9 Å². The van der Waals surface area contributed by atoms with Gasteiger partial charge in [-0.2, -0.15) is 4.79 Å². The largest absolute Gasteiger partial charge is 0.457 e. The average molecular weight is 268 g/mol. The highest BCUT2D eigenvalue weighted by Crippen LogP contribution is 2.41. The molecule has 0 aromatic heterocycles. The summed E-state index contributed by atoms with van der Waals surface area (Å²) in [4.78, 5) is 14.7. The summed E-state index contributed by atoms with van der Waals surface area (Å²) in [6, 6.07) is 0. The van der Waals surface area contributed by atoms with Crippen molar-refractivity contribution in [2.24, 2.45) is 11.3 Å². The van der Waals surface area contributed by atoms with Crippen LogP contribution < -0.4 is 0 Å². The van der Waals surface area contributed by atoms with Crippen molar-refractivity contribution in [3.05, 3.63) is 5.53 Å². The Kier molecular flexibility index (Phi) is 4.88. The predicted molar refractivity (Wildman–Crippen MR) is 71.6 cm³/mol. The molecule has 0 aromatic carbocycles. The summed E-state index contributed by atoms with van der Waals surface area (Å²) in [6.07, 6.45) is 2.46. The molecule has 0 saturated heterocycles. The summed E-state index contributed by atoms with van der Waals surface area (Å²) in [6.45, 7) is 8.39. The number of nitrogens with zero attached hydrogens (tertiary/aromatic N) is 2. The minimum Gasteiger partial charge on any atom is -0.457 e. The quantitative estimate of drug-likeness (QED) is 0.368. The van der Waals surface area contributed by atoms with Gasteiger partial charge in [-0.15, -0.1) is 0 Å². The Hall–Kier alpha value is -1.19. The highest BCUT2D eigenvalue weighted by Gasteiger charge is 2.49. The van der Waals surface area contributed by atoms with Crippen LogP contribution in [0.25, 0.3) is 5.53 Å². The fourth-order valence-electron chi connectivity index (χ4n) is 2.72. The predicted octanol–water partition coefficient (Wildman–Crippen LogP) is 2.19. The van der Waals surface area contributed by atoms with Gasteiger partial charge in [0.25, 0.3) is 0 Å². The Bertz CT molecular complexity index is 384. The van der Waals surface area contributed by atoms with Gasteiger partial charge < -0.3 is 15.4 Å². The zero-order valence-corrected chi connectivity index (χ0v) is 12.3. The summed E-state index contributed by atoms with van der Waals surface area (Å²) in [5.74, 6) is -0.239. The molecule has 0 spiro atoms. The van der Waals surface area contributed by atoms with E-state index in [0.717, 1.165) is 12.8 Å². The highest BCUT2D eigenvalue weighted by atomic mass is 16.5. The van der Waals surface area contributed by atoms with E-state index in [1.165, 1.54) is 0 Å². The Morgan fingerprint density at radius 3 is 2.32 bits per heavy atom. The number of carbonyl (C=O) groups is 1. The van der Waals surface area contributed by atoms with Crippen LogP contribution in [0.3, 0.4) is 0 Å². The summed E-state index contributed by atoms with van der Waals surface area (Å²) in [7, 11) is 0. The number of carbonyl (C=O) groups excluding carboxylic acids is 1. The fraction of sp³-hybridized carbons (Fsp3) is 0.857. The van der Waals surface area contributed by atoms with Crippen LogP contribution in [0.4, 0.5) is 0 Å². The monoisotopic (exact) mass is 268 g/mol. The van der Waals surface area contributed by atoms with Gasteiger partial charge in [0.1, 0.15) is 0 Å². The molecule has 1 saturated carbocycles. The molecule has 0 amide bonds. The van der Waals surface area contributed by atoms with E-state index >= 15 is 0 Å². The van der Waals surface area contributed by atoms with Crippen molar-refractivity contribution in [3.8, 4) is 0 Å². The van der Waals surface area contributed by atoms with Gasteiger partial charge in [-0.25, -0.2) is 4.79 Å². The van der Waals surface area contributed by atoms with Crippen LogP contribution >= 0.6 is 0 Å². The molecule has 0 aliphatic heterocycles. The summed E-state index contributed by atoms with van der Waals surface area (Å²) in [5.41, 5.74) is 7.56. The van der Waals surface area contributed by atoms with Crippen molar-refractivity contribution in [3.63, 3.8) is 0 Å². The molecule has 0 atom stereocenters. The number of rotatable bonds is 3. The Morgan fingerprint density at radius 1 is 1.42 bits per heavy atom. The zero-order valence-electron chi connectivity index (χ0n) is 12.3. The number of aliphatic hydroxyl groups is 1. The van der Waals surface area contributed by atoms with Crippen LogP contribution in [0.15, 0.2) is 0 Å². The lowest BCUT2D eigenvalue weighted by atomic mass is 9.67. The second-order valence-electron chi connectivity index (χ2n) is 6.34. The van der Waals surface area contributed by atoms with Crippen molar-refractivity contribution < 1.29 is 19.4 Å². The van der Waals surface area contributed by atoms with Crippen LogP contribution in [0.5, 0.6) is 0 Å². The standard InChI is InChI=1S/C14H24N2O3/c1-5-19-12(17)11(16-15)14(18)8-6-10(7-9-14)13(2,3)4/h10,18H,5-9H2,1-4H3. The van der Waals surface area contributed by atoms with Crippen LogP contribution in [0.2, 0.25) is 0 Å². The van der Waals surface area contributed by atoms with E-state index in [1.54, 1.807) is 6.92 Å². The zero-order chi connectivity index (χ0) is 14.7. The Balaban J connectivity index is 2.80. The molecule has 19 heavy (non-hydrogen) atoms. The first-order valence-corrected chi connectivity index (χ1v) is 6.86. The van der Waals surface area contributed by atoms with Gasteiger partial charge in [-0.3, -0.25) is 0 Å². The lowest BCUT2D eigenvalue weighted by Crippen LogP contribution is -2.48. The van der Waals surface area contributed by atoms with E-state index in [0.29, 0.717) is 18.8 Å². The molecular formula is C14H24N2O3. The minimum atomic E-state index is -1.36. The van der Waals surface area contributed by atoms with Gasteiger partial charge >= 0.3 is 11.7 Å². The third-order valence-electron chi connectivity index (χ3n) is 4.05. The maximum atomic E-state index is 11.7. The lowest BCUT2D eigenvalue weighted by Gasteiger charge is -2.38. The molecule has 1 rings (SSSR count). The maximum Gasteiger partial charge on any atom is 0.420 e. The van der Waals surface area contributed by atoms with Gasteiger partial charge in [0.15, 0.2) is 5.60 Å². The van der Waals surface area contributed by atoms with E-state index in [2.05, 4.69) is 25.6 Å². The van der Waals surface area contributed by atoms with Crippen molar-refractivity contribution in [2.45, 2.75) is 59.0 Å². The molecule has 1 aliphatic carbocycles. The first-order chi connectivity index (χ1) is 8.74. The lowest BCUT2D eigenvalue weighted by molar-refractivity contribution is -0.144. The molecule has 0 aromatic rings. The van der Waals surface area contributed by atoms with Crippen molar-refractivity contribution in [1.82, 2.24) is 0 Å². The molecule has 5 nitrogen and oxygen atoms in total. The third kappa shape index (κ3) is 3.64. The van der Waals surface area contributed by atoms with Crippen LogP contribution in [-0.4, -0.2) is 33.8 Å². The smallest absolute Gasteiger partial charge is 0.420 e. The second-order valence-corrected chi connectivity index (χ2v) is 6.34. The van der Waals surface area contributed by atoms with Gasteiger partial charge in [0.2, 0.25) is 0 Å². The minimum absolute atomic E-state index is 0.182. The summed E-state index contributed by atoms with van der Waals surface area (Å²) in [5, 5.41) is 10.5. The normalized spacial score (nSPS) is 27.5. The maximum absolute atomic E-state index is 11.7. The molecule has 1 N–H and O–H groups in total. The molecule has 0 unspecified atom stereocenters. The molecule has 1 fully saturated rings. The first-order valence-electron chi connectivity index (χ1n) is 6.86. The topological polar surface area (TPSA) is 82.9 Å². The molecule has 5 heteroatoms. The highest BCUT2D eigenvalue weighted by molar-refractivity contribution is 6.37. The van der Waals surface area contributed by atoms with Crippen LogP contribution in [-0.2, 0) is 9.53 Å².